The summed E-state index contributed by atoms with van der Waals surface area (Å²) in [6.45, 7) is 2.74. The second kappa shape index (κ2) is 5.48. The molecule has 2 heterocycles. The van der Waals surface area contributed by atoms with Crippen molar-refractivity contribution in [3.8, 4) is 5.75 Å². The van der Waals surface area contributed by atoms with Crippen LogP contribution in [-0.4, -0.2) is 36.4 Å². The first-order valence-electron chi connectivity index (χ1n) is 7.36. The zero-order valence-electron chi connectivity index (χ0n) is 12.3. The predicted octanol–water partition coefficient (Wildman–Crippen LogP) is 1.49. The van der Waals surface area contributed by atoms with Gasteiger partial charge in [-0.2, -0.15) is 0 Å². The molecule has 1 aromatic carbocycles. The number of nitrogens with one attached hydrogen (secondary N) is 1. The molecule has 0 radical (unpaired) electrons. The van der Waals surface area contributed by atoms with E-state index in [2.05, 4.69) is 12.2 Å². The molecule has 1 saturated heterocycles. The van der Waals surface area contributed by atoms with Crippen LogP contribution in [0.2, 0.25) is 0 Å². The summed E-state index contributed by atoms with van der Waals surface area (Å²) >= 11 is 0. The first kappa shape index (κ1) is 14.1. The van der Waals surface area contributed by atoms with E-state index < -0.39 is 0 Å². The Kier molecular flexibility index (Phi) is 3.68. The van der Waals surface area contributed by atoms with E-state index in [1.165, 1.54) is 4.90 Å². The molecule has 21 heavy (non-hydrogen) atoms. The maximum Gasteiger partial charge on any atom is 0.246 e. The van der Waals surface area contributed by atoms with Crippen LogP contribution in [0.4, 0.5) is 0 Å². The van der Waals surface area contributed by atoms with Crippen molar-refractivity contribution < 1.29 is 14.3 Å². The zero-order valence-corrected chi connectivity index (χ0v) is 12.3. The molecule has 0 saturated carbocycles. The van der Waals surface area contributed by atoms with E-state index in [1.54, 1.807) is 7.05 Å². The molecule has 5 heteroatoms. The third-order valence-electron chi connectivity index (χ3n) is 4.36. The van der Waals surface area contributed by atoms with Gasteiger partial charge in [-0.05, 0) is 12.5 Å². The molecule has 2 amide bonds. The number of carbonyl (C=O) groups is 2. The van der Waals surface area contributed by atoms with Gasteiger partial charge in [0.05, 0.1) is 12.6 Å². The zero-order chi connectivity index (χ0) is 15.0. The Labute approximate surface area is 124 Å². The van der Waals surface area contributed by atoms with E-state index in [4.69, 9.17) is 4.74 Å². The fourth-order valence-corrected chi connectivity index (χ4v) is 3.03. The van der Waals surface area contributed by atoms with Crippen molar-refractivity contribution in [3.05, 3.63) is 29.8 Å². The Morgan fingerprint density at radius 1 is 1.29 bits per heavy atom. The van der Waals surface area contributed by atoms with Crippen molar-refractivity contribution in [1.29, 1.82) is 0 Å². The number of amides is 2. The summed E-state index contributed by atoms with van der Waals surface area (Å²) in [5, 5.41) is 3.44. The molecule has 1 aromatic rings. The van der Waals surface area contributed by atoms with E-state index >= 15 is 0 Å². The van der Waals surface area contributed by atoms with Crippen LogP contribution in [0, 0.1) is 5.92 Å². The molecule has 5 nitrogen and oxygen atoms in total. The standard InChI is InChI=1S/C16H20N2O3/c1-10-9-21-13-6-4-3-5-11(13)15(10)17-12-7-8-14(19)18(2)16(12)20/h3-6,10,12,15,17H,7-9H2,1-2H3. The minimum absolute atomic E-state index is 0.0745. The maximum absolute atomic E-state index is 12.2. The van der Waals surface area contributed by atoms with Gasteiger partial charge in [0, 0.05) is 31.0 Å². The molecule has 3 atom stereocenters. The van der Waals surface area contributed by atoms with Crippen molar-refractivity contribution in [2.45, 2.75) is 31.8 Å². The van der Waals surface area contributed by atoms with Gasteiger partial charge in [-0.15, -0.1) is 0 Å². The highest BCUT2D eigenvalue weighted by molar-refractivity contribution is 6.00. The molecular weight excluding hydrogens is 268 g/mol. The number of benzene rings is 1. The highest BCUT2D eigenvalue weighted by atomic mass is 16.5. The van der Waals surface area contributed by atoms with Crippen LogP contribution in [0.15, 0.2) is 24.3 Å². The minimum atomic E-state index is -0.300. The first-order valence-corrected chi connectivity index (χ1v) is 7.36. The van der Waals surface area contributed by atoms with Crippen LogP contribution in [0.25, 0.3) is 0 Å². The van der Waals surface area contributed by atoms with E-state index in [9.17, 15) is 9.59 Å². The summed E-state index contributed by atoms with van der Waals surface area (Å²) in [6.07, 6.45) is 0.980. The van der Waals surface area contributed by atoms with Crippen LogP contribution in [0.3, 0.4) is 0 Å². The van der Waals surface area contributed by atoms with Gasteiger partial charge in [0.25, 0.3) is 0 Å². The van der Waals surface area contributed by atoms with E-state index in [0.717, 1.165) is 11.3 Å². The second-order valence-corrected chi connectivity index (χ2v) is 5.85. The van der Waals surface area contributed by atoms with Gasteiger partial charge in [0.1, 0.15) is 5.75 Å². The number of likely N-dealkylation sites (N-methyl/N-ethyl adjacent to an activating group) is 1. The lowest BCUT2D eigenvalue weighted by Crippen LogP contribution is -2.53. The monoisotopic (exact) mass is 288 g/mol. The van der Waals surface area contributed by atoms with Crippen LogP contribution in [0.5, 0.6) is 5.75 Å². The number of fused-ring (bicyclic) bond motifs is 1. The molecule has 3 unspecified atom stereocenters. The van der Waals surface area contributed by atoms with Crippen molar-refractivity contribution in [2.75, 3.05) is 13.7 Å². The smallest absolute Gasteiger partial charge is 0.246 e. The Hall–Kier alpha value is -1.88. The van der Waals surface area contributed by atoms with Crippen molar-refractivity contribution >= 4 is 11.8 Å². The first-order chi connectivity index (χ1) is 10.1. The molecule has 1 fully saturated rings. The lowest BCUT2D eigenvalue weighted by atomic mass is 9.90. The van der Waals surface area contributed by atoms with E-state index in [-0.39, 0.29) is 29.8 Å². The van der Waals surface area contributed by atoms with Gasteiger partial charge in [-0.1, -0.05) is 25.1 Å². The SMILES string of the molecule is CC1COc2ccccc2C1NC1CCC(=O)N(C)C1=O. The molecule has 0 bridgehead atoms. The maximum atomic E-state index is 12.2. The Bertz CT molecular complexity index is 572. The lowest BCUT2D eigenvalue weighted by Gasteiger charge is -2.37. The number of imide groups is 1. The average molecular weight is 288 g/mol. The number of hydrogen-bond donors (Lipinski definition) is 1. The van der Waals surface area contributed by atoms with Crippen molar-refractivity contribution in [2.24, 2.45) is 5.92 Å². The number of ether oxygens (including phenoxy) is 1. The minimum Gasteiger partial charge on any atom is -0.493 e. The summed E-state index contributed by atoms with van der Waals surface area (Å²) in [5.74, 6) is 0.914. The number of piperidine rings is 1. The van der Waals surface area contributed by atoms with Crippen LogP contribution >= 0.6 is 0 Å². The molecule has 112 valence electrons. The third kappa shape index (κ3) is 2.53. The van der Waals surface area contributed by atoms with Gasteiger partial charge < -0.3 is 4.74 Å². The topological polar surface area (TPSA) is 58.6 Å². The van der Waals surface area contributed by atoms with Crippen LogP contribution in [-0.2, 0) is 9.59 Å². The molecule has 2 aliphatic rings. The van der Waals surface area contributed by atoms with E-state index in [0.29, 0.717) is 19.4 Å². The quantitative estimate of drug-likeness (QED) is 0.838. The summed E-state index contributed by atoms with van der Waals surface area (Å²) in [4.78, 5) is 25.0. The number of rotatable bonds is 2. The number of nitrogens with zero attached hydrogens (tertiary/aromatic N) is 1. The van der Waals surface area contributed by atoms with Gasteiger partial charge in [0.2, 0.25) is 11.8 Å². The largest absolute Gasteiger partial charge is 0.493 e. The third-order valence-corrected chi connectivity index (χ3v) is 4.36. The fraction of sp³-hybridized carbons (Fsp3) is 0.500. The number of hydrogen-bond acceptors (Lipinski definition) is 4. The molecule has 0 spiro atoms. The van der Waals surface area contributed by atoms with Gasteiger partial charge >= 0.3 is 0 Å². The van der Waals surface area contributed by atoms with Crippen molar-refractivity contribution in [1.82, 2.24) is 10.2 Å². The van der Waals surface area contributed by atoms with Crippen LogP contribution < -0.4 is 10.1 Å². The van der Waals surface area contributed by atoms with Gasteiger partial charge in [-0.3, -0.25) is 19.8 Å². The molecule has 0 aromatic heterocycles. The number of para-hydroxylation sites is 1. The molecule has 2 aliphatic heterocycles. The average Bonchev–Trinajstić information content (AvgIpc) is 2.50. The lowest BCUT2D eigenvalue weighted by molar-refractivity contribution is -0.148. The number of likely N-dealkylation sites (tertiary alicyclic amines) is 1. The summed E-state index contributed by atoms with van der Waals surface area (Å²) in [5.41, 5.74) is 1.09. The molecule has 0 aliphatic carbocycles. The van der Waals surface area contributed by atoms with Gasteiger partial charge in [-0.25, -0.2) is 0 Å². The molecular formula is C16H20N2O3. The second-order valence-electron chi connectivity index (χ2n) is 5.85. The van der Waals surface area contributed by atoms with E-state index in [1.807, 2.05) is 24.3 Å². The Balaban J connectivity index is 1.81. The Morgan fingerprint density at radius 3 is 2.86 bits per heavy atom. The van der Waals surface area contributed by atoms with Gasteiger partial charge in [0.15, 0.2) is 0 Å². The molecule has 3 rings (SSSR count). The normalized spacial score (nSPS) is 29.0. The fourth-order valence-electron chi connectivity index (χ4n) is 3.03. The predicted molar refractivity (Wildman–Crippen MR) is 77.8 cm³/mol. The highest BCUT2D eigenvalue weighted by Gasteiger charge is 2.36. The summed E-state index contributed by atoms with van der Waals surface area (Å²) in [7, 11) is 1.56. The molecule has 1 N–H and O–H groups in total. The Morgan fingerprint density at radius 2 is 2.05 bits per heavy atom. The highest BCUT2D eigenvalue weighted by Crippen LogP contribution is 2.35. The number of carbonyl (C=O) groups excluding carboxylic acids is 2. The summed E-state index contributed by atoms with van der Waals surface area (Å²) < 4.78 is 5.73. The summed E-state index contributed by atoms with van der Waals surface area (Å²) in [6, 6.07) is 7.69. The van der Waals surface area contributed by atoms with Crippen molar-refractivity contribution in [3.63, 3.8) is 0 Å². The van der Waals surface area contributed by atoms with Crippen LogP contribution in [0.1, 0.15) is 31.4 Å².